The molecule has 2 rings (SSSR count). The summed E-state index contributed by atoms with van der Waals surface area (Å²) in [5, 5.41) is 3.34. The minimum atomic E-state index is 0.874. The molecule has 0 fully saturated rings. The third-order valence-corrected chi connectivity index (χ3v) is 3.64. The van der Waals surface area contributed by atoms with Gasteiger partial charge in [-0.25, -0.2) is 0 Å². The highest BCUT2D eigenvalue weighted by molar-refractivity contribution is 9.09. The van der Waals surface area contributed by atoms with E-state index in [2.05, 4.69) is 59.3 Å². The minimum Gasteiger partial charge on any atom is -0.496 e. The number of hydrogen-bond donors (Lipinski definition) is 0. The third-order valence-electron chi connectivity index (χ3n) is 2.75. The molecule has 0 amide bonds. The summed E-state index contributed by atoms with van der Waals surface area (Å²) in [7, 11) is 1.71. The van der Waals surface area contributed by atoms with E-state index in [9.17, 15) is 0 Å². The van der Waals surface area contributed by atoms with Gasteiger partial charge >= 0.3 is 0 Å². The average molecular weight is 291 g/mol. The van der Waals surface area contributed by atoms with Gasteiger partial charge in [0.15, 0.2) is 0 Å². The van der Waals surface area contributed by atoms with E-state index in [-0.39, 0.29) is 0 Å². The molecule has 0 saturated heterocycles. The van der Waals surface area contributed by atoms with Crippen LogP contribution in [0.15, 0.2) is 42.0 Å². The molecule has 0 saturated carbocycles. The van der Waals surface area contributed by atoms with E-state index in [1.807, 2.05) is 6.07 Å². The summed E-state index contributed by atoms with van der Waals surface area (Å²) in [6, 6.07) is 12.5. The van der Waals surface area contributed by atoms with Gasteiger partial charge in [-0.05, 0) is 23.8 Å². The number of hydrogen-bond acceptors (Lipinski definition) is 1. The van der Waals surface area contributed by atoms with Crippen LogP contribution in [0.4, 0.5) is 0 Å². The van der Waals surface area contributed by atoms with E-state index in [0.717, 1.165) is 16.6 Å². The van der Waals surface area contributed by atoms with Crippen LogP contribution in [0.3, 0.4) is 0 Å². The molecule has 0 N–H and O–H groups in total. The van der Waals surface area contributed by atoms with E-state index in [1.54, 1.807) is 7.11 Å². The second kappa shape index (κ2) is 5.37. The fraction of sp³-hybridized carbons (Fsp3) is 0.200. The van der Waals surface area contributed by atoms with Crippen molar-refractivity contribution in [3.8, 4) is 5.75 Å². The molecule has 0 aromatic heterocycles. The number of benzene rings is 2. The van der Waals surface area contributed by atoms with Crippen molar-refractivity contribution in [1.29, 1.82) is 0 Å². The number of alkyl halides is 1. The van der Waals surface area contributed by atoms with Crippen molar-refractivity contribution in [2.24, 2.45) is 0 Å². The maximum absolute atomic E-state index is 5.44. The molecule has 17 heavy (non-hydrogen) atoms. The third kappa shape index (κ3) is 2.52. The predicted molar refractivity (Wildman–Crippen MR) is 77.9 cm³/mol. The van der Waals surface area contributed by atoms with Gasteiger partial charge in [0.2, 0.25) is 0 Å². The quantitative estimate of drug-likeness (QED) is 0.748. The Labute approximate surface area is 110 Å². The molecular formula is C15H15BrO. The lowest BCUT2D eigenvalue weighted by Crippen LogP contribution is -1.89. The summed E-state index contributed by atoms with van der Waals surface area (Å²) < 4.78 is 5.44. The van der Waals surface area contributed by atoms with E-state index in [0.29, 0.717) is 0 Å². The van der Waals surface area contributed by atoms with Crippen molar-refractivity contribution in [2.75, 3.05) is 12.4 Å². The Morgan fingerprint density at radius 3 is 2.71 bits per heavy atom. The number of ether oxygens (including phenoxy) is 1. The smallest absolute Gasteiger partial charge is 0.126 e. The lowest BCUT2D eigenvalue weighted by molar-refractivity contribution is 0.414. The Bertz CT molecular complexity index is 558. The molecule has 2 aromatic rings. The van der Waals surface area contributed by atoms with Crippen LogP contribution in [0.1, 0.15) is 12.5 Å². The monoisotopic (exact) mass is 290 g/mol. The fourth-order valence-electron chi connectivity index (χ4n) is 1.89. The van der Waals surface area contributed by atoms with Gasteiger partial charge in [0.25, 0.3) is 0 Å². The molecule has 0 aliphatic rings. The van der Waals surface area contributed by atoms with Gasteiger partial charge in [0.1, 0.15) is 5.75 Å². The Morgan fingerprint density at radius 2 is 2.00 bits per heavy atom. The van der Waals surface area contributed by atoms with Crippen molar-refractivity contribution < 1.29 is 4.74 Å². The van der Waals surface area contributed by atoms with Gasteiger partial charge in [-0.15, -0.1) is 0 Å². The highest BCUT2D eigenvalue weighted by atomic mass is 79.9. The molecule has 0 atom stereocenters. The van der Waals surface area contributed by atoms with Crippen molar-refractivity contribution >= 4 is 32.8 Å². The van der Waals surface area contributed by atoms with E-state index in [4.69, 9.17) is 4.74 Å². The first-order valence-corrected chi connectivity index (χ1v) is 6.67. The molecule has 0 radical (unpaired) electrons. The van der Waals surface area contributed by atoms with Crippen LogP contribution in [0.2, 0.25) is 0 Å². The summed E-state index contributed by atoms with van der Waals surface area (Å²) in [6.45, 7) is 2.11. The second-order valence-corrected chi connectivity index (χ2v) is 4.59. The van der Waals surface area contributed by atoms with E-state index < -0.39 is 0 Å². The van der Waals surface area contributed by atoms with Gasteiger partial charge in [0.05, 0.1) is 7.11 Å². The van der Waals surface area contributed by atoms with Gasteiger partial charge in [0, 0.05) is 10.9 Å². The molecule has 1 nitrogen and oxygen atoms in total. The molecule has 0 bridgehead atoms. The van der Waals surface area contributed by atoms with Crippen LogP contribution >= 0.6 is 15.9 Å². The zero-order valence-electron chi connectivity index (χ0n) is 10.0. The fourth-order valence-corrected chi connectivity index (χ4v) is 2.05. The van der Waals surface area contributed by atoms with Crippen LogP contribution in [0.5, 0.6) is 5.75 Å². The Balaban J connectivity index is 2.71. The molecule has 0 unspecified atom stereocenters. The Kier molecular flexibility index (Phi) is 3.85. The second-order valence-electron chi connectivity index (χ2n) is 4.03. The molecule has 2 heteroatoms. The summed E-state index contributed by atoms with van der Waals surface area (Å²) in [5.74, 6) is 0.920. The topological polar surface area (TPSA) is 9.23 Å². The van der Waals surface area contributed by atoms with Gasteiger partial charge in [-0.1, -0.05) is 57.9 Å². The normalized spacial score (nSPS) is 11.8. The molecule has 0 aliphatic carbocycles. The lowest BCUT2D eigenvalue weighted by Gasteiger charge is -2.09. The van der Waals surface area contributed by atoms with Gasteiger partial charge < -0.3 is 4.74 Å². The number of rotatable bonds is 3. The van der Waals surface area contributed by atoms with Gasteiger partial charge in [-0.2, -0.15) is 0 Å². The molecular weight excluding hydrogens is 276 g/mol. The van der Waals surface area contributed by atoms with E-state index >= 15 is 0 Å². The Morgan fingerprint density at radius 1 is 1.24 bits per heavy atom. The lowest BCUT2D eigenvalue weighted by atomic mass is 10.0. The van der Waals surface area contributed by atoms with E-state index in [1.165, 1.54) is 16.3 Å². The predicted octanol–water partition coefficient (Wildman–Crippen LogP) is 4.65. The first-order valence-electron chi connectivity index (χ1n) is 5.55. The standard InChI is InChI=1S/C15H15BrO/c1-11(10-16)9-14-13-6-4-3-5-12(13)7-8-15(14)17-2/h3-9H,10H2,1-2H3. The first-order chi connectivity index (χ1) is 8.26. The van der Waals surface area contributed by atoms with Crippen LogP contribution < -0.4 is 4.74 Å². The van der Waals surface area contributed by atoms with Crippen molar-refractivity contribution in [2.45, 2.75) is 6.92 Å². The van der Waals surface area contributed by atoms with Gasteiger partial charge in [-0.3, -0.25) is 0 Å². The average Bonchev–Trinajstić information content (AvgIpc) is 2.39. The highest BCUT2D eigenvalue weighted by Gasteiger charge is 2.05. The maximum atomic E-state index is 5.44. The largest absolute Gasteiger partial charge is 0.496 e. The SMILES string of the molecule is COc1ccc2ccccc2c1C=C(C)CBr. The number of methoxy groups -OCH3 is 1. The summed E-state index contributed by atoms with van der Waals surface area (Å²) in [5.41, 5.74) is 2.43. The molecule has 0 heterocycles. The number of halogens is 1. The molecule has 2 aromatic carbocycles. The van der Waals surface area contributed by atoms with Crippen molar-refractivity contribution in [3.05, 3.63) is 47.5 Å². The minimum absolute atomic E-state index is 0.874. The highest BCUT2D eigenvalue weighted by Crippen LogP contribution is 2.30. The first kappa shape index (κ1) is 12.2. The summed E-state index contributed by atoms with van der Waals surface area (Å²) in [4.78, 5) is 0. The number of allylic oxidation sites excluding steroid dienone is 1. The summed E-state index contributed by atoms with van der Waals surface area (Å²) >= 11 is 3.47. The van der Waals surface area contributed by atoms with Crippen molar-refractivity contribution in [1.82, 2.24) is 0 Å². The van der Waals surface area contributed by atoms with Crippen LogP contribution in [0.25, 0.3) is 16.8 Å². The van der Waals surface area contributed by atoms with Crippen LogP contribution in [0, 0.1) is 0 Å². The Hall–Kier alpha value is -1.28. The molecule has 0 spiro atoms. The maximum Gasteiger partial charge on any atom is 0.126 e. The molecule has 0 aliphatic heterocycles. The molecule has 88 valence electrons. The van der Waals surface area contributed by atoms with Crippen LogP contribution in [-0.2, 0) is 0 Å². The zero-order valence-corrected chi connectivity index (χ0v) is 11.6. The number of fused-ring (bicyclic) bond motifs is 1. The van der Waals surface area contributed by atoms with Crippen molar-refractivity contribution in [3.63, 3.8) is 0 Å². The summed E-state index contributed by atoms with van der Waals surface area (Å²) in [6.07, 6.45) is 2.18. The van der Waals surface area contributed by atoms with Crippen LogP contribution in [-0.4, -0.2) is 12.4 Å². The zero-order chi connectivity index (χ0) is 12.3.